The van der Waals surface area contributed by atoms with Crippen LogP contribution in [-0.4, -0.2) is 54.4 Å². The molecule has 158 valence electrons. The molecule has 1 amide bonds. The van der Waals surface area contributed by atoms with Crippen LogP contribution >= 0.6 is 0 Å². The highest BCUT2D eigenvalue weighted by atomic mass is 32.2. The number of nitrogens with zero attached hydrogens (tertiary/aromatic N) is 1. The number of hydrogen-bond donors (Lipinski definition) is 1. The fraction of sp³-hybridized carbons (Fsp3) is 0.316. The summed E-state index contributed by atoms with van der Waals surface area (Å²) in [6.45, 7) is 2.30. The Morgan fingerprint density at radius 3 is 2.14 bits per heavy atom. The number of methoxy groups -OCH3 is 2. The van der Waals surface area contributed by atoms with Crippen molar-refractivity contribution in [3.63, 3.8) is 0 Å². The van der Waals surface area contributed by atoms with Gasteiger partial charge in [-0.3, -0.25) is 14.4 Å². The molecule has 0 saturated carbocycles. The second-order valence-corrected chi connectivity index (χ2v) is 7.43. The SMILES string of the molecule is CCOc1ccc(S(=O)(=O)Nc2cc(OC)c(OC)cc2C(=O)N(C)OC)cc1. The van der Waals surface area contributed by atoms with Crippen molar-refractivity contribution >= 4 is 21.6 Å². The van der Waals surface area contributed by atoms with Gasteiger partial charge in [0.2, 0.25) is 0 Å². The molecule has 0 aliphatic heterocycles. The summed E-state index contributed by atoms with van der Waals surface area (Å²) in [6, 6.07) is 8.69. The Morgan fingerprint density at radius 1 is 1.03 bits per heavy atom. The summed E-state index contributed by atoms with van der Waals surface area (Å²) >= 11 is 0. The van der Waals surface area contributed by atoms with Crippen molar-refractivity contribution in [2.24, 2.45) is 0 Å². The first-order chi connectivity index (χ1) is 13.8. The van der Waals surface area contributed by atoms with E-state index in [-0.39, 0.29) is 27.6 Å². The summed E-state index contributed by atoms with van der Waals surface area (Å²) < 4.78 is 43.9. The highest BCUT2D eigenvalue weighted by molar-refractivity contribution is 7.92. The Balaban J connectivity index is 2.49. The molecule has 0 bridgehead atoms. The van der Waals surface area contributed by atoms with Crippen molar-refractivity contribution in [1.82, 2.24) is 5.06 Å². The van der Waals surface area contributed by atoms with E-state index in [4.69, 9.17) is 19.0 Å². The van der Waals surface area contributed by atoms with Gasteiger partial charge in [-0.15, -0.1) is 0 Å². The molecule has 0 radical (unpaired) electrons. The number of ether oxygens (including phenoxy) is 3. The summed E-state index contributed by atoms with van der Waals surface area (Å²) in [5, 5.41) is 0.968. The zero-order valence-electron chi connectivity index (χ0n) is 16.9. The fourth-order valence-corrected chi connectivity index (χ4v) is 3.55. The lowest BCUT2D eigenvalue weighted by atomic mass is 10.1. The Bertz CT molecular complexity index is 959. The maximum absolute atomic E-state index is 12.9. The van der Waals surface area contributed by atoms with Crippen molar-refractivity contribution in [3.8, 4) is 17.2 Å². The van der Waals surface area contributed by atoms with Crippen LogP contribution in [0.4, 0.5) is 5.69 Å². The highest BCUT2D eigenvalue weighted by Crippen LogP contribution is 2.35. The lowest BCUT2D eigenvalue weighted by Crippen LogP contribution is -2.27. The first kappa shape index (κ1) is 22.3. The average Bonchev–Trinajstić information content (AvgIpc) is 2.72. The molecular formula is C19H24N2O7S. The zero-order chi connectivity index (χ0) is 21.6. The van der Waals surface area contributed by atoms with Crippen LogP contribution in [0.25, 0.3) is 0 Å². The second-order valence-electron chi connectivity index (χ2n) is 5.75. The normalized spacial score (nSPS) is 10.9. The molecule has 0 aromatic heterocycles. The first-order valence-corrected chi connectivity index (χ1v) is 10.1. The minimum absolute atomic E-state index is 0.00855. The number of hydrogen-bond acceptors (Lipinski definition) is 7. The van der Waals surface area contributed by atoms with Gasteiger partial charge in [0.1, 0.15) is 5.75 Å². The van der Waals surface area contributed by atoms with E-state index in [9.17, 15) is 13.2 Å². The second kappa shape index (κ2) is 9.48. The summed E-state index contributed by atoms with van der Waals surface area (Å²) in [5.74, 6) is 0.505. The van der Waals surface area contributed by atoms with E-state index in [1.165, 1.54) is 52.6 Å². The number of anilines is 1. The Kier molecular flexibility index (Phi) is 7.29. The van der Waals surface area contributed by atoms with Crippen molar-refractivity contribution in [1.29, 1.82) is 0 Å². The highest BCUT2D eigenvalue weighted by Gasteiger charge is 2.24. The van der Waals surface area contributed by atoms with Gasteiger partial charge in [0.25, 0.3) is 15.9 Å². The van der Waals surface area contributed by atoms with E-state index in [2.05, 4.69) is 4.72 Å². The van der Waals surface area contributed by atoms with Gasteiger partial charge in [-0.05, 0) is 37.3 Å². The molecule has 0 atom stereocenters. The van der Waals surface area contributed by atoms with Crippen molar-refractivity contribution in [3.05, 3.63) is 42.0 Å². The molecule has 0 heterocycles. The maximum atomic E-state index is 12.9. The van der Waals surface area contributed by atoms with Crippen molar-refractivity contribution in [2.45, 2.75) is 11.8 Å². The quantitative estimate of drug-likeness (QED) is 0.617. The number of amides is 1. The van der Waals surface area contributed by atoms with Crippen LogP contribution in [0.5, 0.6) is 17.2 Å². The third-order valence-electron chi connectivity index (χ3n) is 4.00. The van der Waals surface area contributed by atoms with Gasteiger partial charge in [0, 0.05) is 13.1 Å². The molecule has 0 spiro atoms. The van der Waals surface area contributed by atoms with E-state index in [0.717, 1.165) is 5.06 Å². The predicted molar refractivity (Wildman–Crippen MR) is 107 cm³/mol. The number of sulfonamides is 1. The third-order valence-corrected chi connectivity index (χ3v) is 5.38. The first-order valence-electron chi connectivity index (χ1n) is 8.61. The summed E-state index contributed by atoms with van der Waals surface area (Å²) in [7, 11) is 1.56. The Hall–Kier alpha value is -2.98. The summed E-state index contributed by atoms with van der Waals surface area (Å²) in [5.41, 5.74) is 0.0481. The molecular weight excluding hydrogens is 400 g/mol. The maximum Gasteiger partial charge on any atom is 0.279 e. The predicted octanol–water partition coefficient (Wildman–Crippen LogP) is 2.54. The molecule has 9 nitrogen and oxygen atoms in total. The summed E-state index contributed by atoms with van der Waals surface area (Å²) in [6.07, 6.45) is 0. The van der Waals surface area contributed by atoms with Gasteiger partial charge in [0.05, 0.1) is 44.1 Å². The van der Waals surface area contributed by atoms with Crippen LogP contribution in [0.15, 0.2) is 41.3 Å². The molecule has 0 aliphatic rings. The molecule has 1 N–H and O–H groups in total. The Morgan fingerprint density at radius 2 is 1.62 bits per heavy atom. The zero-order valence-corrected chi connectivity index (χ0v) is 17.7. The van der Waals surface area contributed by atoms with E-state index in [0.29, 0.717) is 12.4 Å². The van der Waals surface area contributed by atoms with Gasteiger partial charge >= 0.3 is 0 Å². The van der Waals surface area contributed by atoms with Gasteiger partial charge in [-0.2, -0.15) is 0 Å². The van der Waals surface area contributed by atoms with Crippen LogP contribution in [0, 0.1) is 0 Å². The standard InChI is InChI=1S/C19H24N2O7S/c1-6-28-13-7-9-14(10-8-13)29(23,24)20-16-12-18(26-4)17(25-3)11-15(16)19(22)21(2)27-5/h7-12,20H,6H2,1-5H3. The number of carbonyl (C=O) groups is 1. The van der Waals surface area contributed by atoms with Gasteiger partial charge in [-0.25, -0.2) is 13.5 Å². The monoisotopic (exact) mass is 424 g/mol. The lowest BCUT2D eigenvalue weighted by molar-refractivity contribution is -0.0756. The molecule has 2 aromatic carbocycles. The number of hydroxylamine groups is 2. The van der Waals surface area contributed by atoms with Gasteiger partial charge < -0.3 is 14.2 Å². The van der Waals surface area contributed by atoms with E-state index < -0.39 is 15.9 Å². The van der Waals surface area contributed by atoms with Gasteiger partial charge in [0.15, 0.2) is 11.5 Å². The van der Waals surface area contributed by atoms with Crippen LogP contribution in [0.1, 0.15) is 17.3 Å². The average molecular weight is 424 g/mol. The van der Waals surface area contributed by atoms with Crippen LogP contribution in [0.3, 0.4) is 0 Å². The Labute approximate surface area is 170 Å². The number of benzene rings is 2. The number of carbonyl (C=O) groups excluding carboxylic acids is 1. The summed E-state index contributed by atoms with van der Waals surface area (Å²) in [4.78, 5) is 17.6. The van der Waals surface area contributed by atoms with Crippen LogP contribution < -0.4 is 18.9 Å². The van der Waals surface area contributed by atoms with E-state index in [1.54, 1.807) is 12.1 Å². The van der Waals surface area contributed by atoms with Crippen LogP contribution in [0.2, 0.25) is 0 Å². The molecule has 29 heavy (non-hydrogen) atoms. The minimum atomic E-state index is -3.99. The van der Waals surface area contributed by atoms with Crippen molar-refractivity contribution in [2.75, 3.05) is 39.7 Å². The number of rotatable bonds is 9. The molecule has 0 saturated heterocycles. The lowest BCUT2D eigenvalue weighted by Gasteiger charge is -2.19. The smallest absolute Gasteiger partial charge is 0.279 e. The topological polar surface area (TPSA) is 103 Å². The fourth-order valence-electron chi connectivity index (χ4n) is 2.48. The molecule has 0 fully saturated rings. The molecule has 0 unspecified atom stereocenters. The van der Waals surface area contributed by atoms with Crippen LogP contribution in [-0.2, 0) is 14.9 Å². The largest absolute Gasteiger partial charge is 0.494 e. The molecule has 2 aromatic rings. The molecule has 10 heteroatoms. The minimum Gasteiger partial charge on any atom is -0.494 e. The van der Waals surface area contributed by atoms with Gasteiger partial charge in [-0.1, -0.05) is 0 Å². The molecule has 0 aliphatic carbocycles. The van der Waals surface area contributed by atoms with E-state index >= 15 is 0 Å². The molecule has 2 rings (SSSR count). The van der Waals surface area contributed by atoms with Crippen molar-refractivity contribution < 1.29 is 32.3 Å². The third kappa shape index (κ3) is 5.09. The number of nitrogens with one attached hydrogen (secondary N) is 1. The van der Waals surface area contributed by atoms with E-state index in [1.807, 2.05) is 6.92 Å².